The quantitative estimate of drug-likeness (QED) is 0.278. The Balaban J connectivity index is 1.68. The largest absolute Gasteiger partial charge is 0.390 e. The van der Waals surface area contributed by atoms with Gasteiger partial charge in [0, 0.05) is 17.7 Å². The van der Waals surface area contributed by atoms with Gasteiger partial charge in [0.2, 0.25) is 0 Å². The van der Waals surface area contributed by atoms with Crippen molar-refractivity contribution in [3.05, 3.63) is 65.2 Å². The fourth-order valence-corrected chi connectivity index (χ4v) is 3.53. The van der Waals surface area contributed by atoms with Crippen LogP contribution in [0.5, 0.6) is 0 Å². The van der Waals surface area contributed by atoms with Crippen LogP contribution in [0.4, 0.5) is 0 Å². The average molecular weight is 406 g/mol. The molecule has 0 amide bonds. The van der Waals surface area contributed by atoms with Crippen molar-refractivity contribution in [3.8, 4) is 11.1 Å². The highest BCUT2D eigenvalue weighted by Crippen LogP contribution is 2.37. The Morgan fingerprint density at radius 1 is 0.900 bits per heavy atom. The summed E-state index contributed by atoms with van der Waals surface area (Å²) in [5.41, 5.74) is 6.55. The smallest absolute Gasteiger partial charge is 0.129 e. The van der Waals surface area contributed by atoms with Crippen LogP contribution in [0.15, 0.2) is 53.7 Å². The Kier molecular flexibility index (Phi) is 7.49. The molecule has 0 spiro atoms. The van der Waals surface area contributed by atoms with E-state index in [4.69, 9.17) is 9.57 Å². The third-order valence-corrected chi connectivity index (χ3v) is 4.96. The molecule has 0 heterocycles. The van der Waals surface area contributed by atoms with E-state index < -0.39 is 0 Å². The first-order chi connectivity index (χ1) is 14.3. The summed E-state index contributed by atoms with van der Waals surface area (Å²) in [6.07, 6.45) is 9.45. The van der Waals surface area contributed by atoms with Gasteiger partial charge in [-0.3, -0.25) is 0 Å². The molecule has 0 N–H and O–H groups in total. The van der Waals surface area contributed by atoms with Crippen molar-refractivity contribution in [2.45, 2.75) is 72.0 Å². The predicted octanol–water partition coefficient (Wildman–Crippen LogP) is 7.23. The Morgan fingerprint density at radius 2 is 1.63 bits per heavy atom. The number of allylic oxidation sites excluding steroid dienone is 1. The molecule has 3 rings (SSSR count). The number of hydrogen-bond acceptors (Lipinski definition) is 3. The molecule has 0 fully saturated rings. The molecule has 3 nitrogen and oxygen atoms in total. The Bertz CT molecular complexity index is 903. The van der Waals surface area contributed by atoms with Crippen molar-refractivity contribution in [2.75, 3.05) is 6.61 Å². The zero-order valence-electron chi connectivity index (χ0n) is 19.1. The summed E-state index contributed by atoms with van der Waals surface area (Å²) < 4.78 is 5.60. The first kappa shape index (κ1) is 22.3. The minimum absolute atomic E-state index is 0.317. The molecule has 0 radical (unpaired) electrons. The van der Waals surface area contributed by atoms with Crippen molar-refractivity contribution < 1.29 is 9.57 Å². The highest BCUT2D eigenvalue weighted by Gasteiger charge is 2.26. The van der Waals surface area contributed by atoms with E-state index in [1.807, 2.05) is 20.8 Å². The monoisotopic (exact) mass is 405 g/mol. The molecule has 1 aliphatic carbocycles. The fraction of sp³-hybridized carbons (Fsp3) is 0.444. The molecule has 0 saturated carbocycles. The van der Waals surface area contributed by atoms with E-state index in [1.165, 1.54) is 29.5 Å². The van der Waals surface area contributed by atoms with Gasteiger partial charge in [0.05, 0.1) is 6.10 Å². The lowest BCUT2D eigenvalue weighted by Gasteiger charge is -2.16. The summed E-state index contributed by atoms with van der Waals surface area (Å²) in [5.74, 6) is 0. The van der Waals surface area contributed by atoms with E-state index in [-0.39, 0.29) is 5.60 Å². The molecule has 1 aliphatic rings. The third-order valence-electron chi connectivity index (χ3n) is 4.96. The molecule has 30 heavy (non-hydrogen) atoms. The predicted molar refractivity (Wildman–Crippen MR) is 127 cm³/mol. The molecule has 0 aliphatic heterocycles. The molecular weight excluding hydrogens is 370 g/mol. The van der Waals surface area contributed by atoms with Crippen molar-refractivity contribution >= 4 is 11.8 Å². The van der Waals surface area contributed by atoms with Gasteiger partial charge in [-0.05, 0) is 76.6 Å². The Hall–Kier alpha value is -2.39. The highest BCUT2D eigenvalue weighted by atomic mass is 16.6. The van der Waals surface area contributed by atoms with Crippen molar-refractivity contribution in [1.82, 2.24) is 0 Å². The van der Waals surface area contributed by atoms with Gasteiger partial charge in [-0.1, -0.05) is 60.1 Å². The summed E-state index contributed by atoms with van der Waals surface area (Å²) in [7, 11) is 0. The van der Waals surface area contributed by atoms with E-state index in [2.05, 4.69) is 73.6 Å². The first-order valence-corrected chi connectivity index (χ1v) is 11.1. The lowest BCUT2D eigenvalue weighted by molar-refractivity contribution is 0.00121. The summed E-state index contributed by atoms with van der Waals surface area (Å²) in [6.45, 7) is 11.1. The molecule has 0 atom stereocenters. The molecule has 0 unspecified atom stereocenters. The van der Waals surface area contributed by atoms with Crippen molar-refractivity contribution in [3.63, 3.8) is 0 Å². The van der Waals surface area contributed by atoms with Crippen LogP contribution in [0.3, 0.4) is 0 Å². The van der Waals surface area contributed by atoms with E-state index in [1.54, 1.807) is 0 Å². The lowest BCUT2D eigenvalue weighted by Crippen LogP contribution is -2.17. The van der Waals surface area contributed by atoms with E-state index in [0.29, 0.717) is 6.10 Å². The van der Waals surface area contributed by atoms with Gasteiger partial charge in [0.1, 0.15) is 11.3 Å². The summed E-state index contributed by atoms with van der Waals surface area (Å²) >= 11 is 0. The van der Waals surface area contributed by atoms with Gasteiger partial charge in [0.25, 0.3) is 0 Å². The van der Waals surface area contributed by atoms with Crippen LogP contribution in [-0.2, 0) is 9.57 Å². The van der Waals surface area contributed by atoms with Crippen molar-refractivity contribution in [1.29, 1.82) is 0 Å². The van der Waals surface area contributed by atoms with E-state index in [9.17, 15) is 0 Å². The Morgan fingerprint density at radius 3 is 2.37 bits per heavy atom. The molecule has 0 bridgehead atoms. The molecule has 2 aromatic carbocycles. The molecule has 3 heteroatoms. The second-order valence-corrected chi connectivity index (χ2v) is 9.17. The van der Waals surface area contributed by atoms with Crippen LogP contribution >= 0.6 is 0 Å². The summed E-state index contributed by atoms with van der Waals surface area (Å²) in [5, 5.41) is 4.55. The SMILES string of the molecule is CC(C)OCCCCC/C=C/c1ccc2c(c1)/C(=N\OC(C)(C)C)c1ccccc1-2. The first-order valence-electron chi connectivity index (χ1n) is 11.1. The van der Waals surface area contributed by atoms with Crippen LogP contribution in [0, 0.1) is 0 Å². The van der Waals surface area contributed by atoms with Gasteiger partial charge in [-0.25, -0.2) is 0 Å². The molecular formula is C27H35NO2. The van der Waals surface area contributed by atoms with Crippen LogP contribution in [0.1, 0.15) is 77.0 Å². The summed E-state index contributed by atoms with van der Waals surface area (Å²) in [4.78, 5) is 5.79. The number of ether oxygens (including phenoxy) is 1. The Labute approximate surface area is 181 Å². The maximum Gasteiger partial charge on any atom is 0.129 e. The molecule has 2 aromatic rings. The van der Waals surface area contributed by atoms with Gasteiger partial charge in [0.15, 0.2) is 0 Å². The maximum atomic E-state index is 5.79. The van der Waals surface area contributed by atoms with E-state index >= 15 is 0 Å². The third kappa shape index (κ3) is 6.06. The second-order valence-electron chi connectivity index (χ2n) is 9.17. The zero-order valence-corrected chi connectivity index (χ0v) is 19.1. The number of rotatable bonds is 9. The molecule has 160 valence electrons. The number of fused-ring (bicyclic) bond motifs is 3. The number of oxime groups is 1. The molecule has 0 aromatic heterocycles. The number of unbranched alkanes of at least 4 members (excludes halogenated alkanes) is 3. The van der Waals surface area contributed by atoms with Gasteiger partial charge >= 0.3 is 0 Å². The minimum Gasteiger partial charge on any atom is -0.390 e. The minimum atomic E-state index is -0.317. The maximum absolute atomic E-state index is 5.79. The lowest BCUT2D eigenvalue weighted by atomic mass is 10.0. The summed E-state index contributed by atoms with van der Waals surface area (Å²) in [6, 6.07) is 15.0. The van der Waals surface area contributed by atoms with Crippen LogP contribution < -0.4 is 0 Å². The number of nitrogens with zero attached hydrogens (tertiary/aromatic N) is 1. The number of hydrogen-bond donors (Lipinski definition) is 0. The highest BCUT2D eigenvalue weighted by molar-refractivity contribution is 6.24. The van der Waals surface area contributed by atoms with Gasteiger partial charge in [-0.2, -0.15) is 0 Å². The second kappa shape index (κ2) is 10.1. The molecule has 0 saturated heterocycles. The van der Waals surface area contributed by atoms with Gasteiger partial charge < -0.3 is 9.57 Å². The average Bonchev–Trinajstić information content (AvgIpc) is 3.00. The van der Waals surface area contributed by atoms with E-state index in [0.717, 1.165) is 36.3 Å². The normalized spacial score (nSPS) is 14.5. The van der Waals surface area contributed by atoms with Crippen LogP contribution in [0.25, 0.3) is 17.2 Å². The van der Waals surface area contributed by atoms with Crippen LogP contribution in [-0.4, -0.2) is 24.0 Å². The standard InChI is InChI=1S/C27H35NO2/c1-20(2)29-18-12-8-6-7-9-13-21-16-17-23-22-14-10-11-15-24(22)26(25(23)19-21)28-30-27(3,4)5/h9-11,13-17,19-20H,6-8,12,18H2,1-5H3/b13-9+,28-26-. The zero-order chi connectivity index (χ0) is 21.6. The van der Waals surface area contributed by atoms with Crippen molar-refractivity contribution in [2.24, 2.45) is 5.16 Å². The number of benzene rings is 2. The van der Waals surface area contributed by atoms with Gasteiger partial charge in [-0.15, -0.1) is 0 Å². The van der Waals surface area contributed by atoms with Crippen LogP contribution in [0.2, 0.25) is 0 Å². The topological polar surface area (TPSA) is 30.8 Å². The fourth-order valence-electron chi connectivity index (χ4n) is 3.53.